The lowest BCUT2D eigenvalue weighted by atomic mass is 10.1. The number of hydrogen-bond donors (Lipinski definition) is 2. The average molecular weight is 144 g/mol. The topological polar surface area (TPSA) is 65.2 Å². The second kappa shape index (κ2) is 4.78. The molecule has 0 amide bonds. The number of oxime groups is 2. The monoisotopic (exact) mass is 144 g/mol. The van der Waals surface area contributed by atoms with Crippen molar-refractivity contribution in [3.05, 3.63) is 0 Å². The SMILES string of the molecule is CCCC(=NO)C(C)=NO. The van der Waals surface area contributed by atoms with Crippen molar-refractivity contribution in [2.24, 2.45) is 10.3 Å². The first kappa shape index (κ1) is 8.94. The van der Waals surface area contributed by atoms with Crippen LogP contribution >= 0.6 is 0 Å². The molecule has 0 aromatic carbocycles. The minimum atomic E-state index is 0.365. The molecule has 0 radical (unpaired) electrons. The summed E-state index contributed by atoms with van der Waals surface area (Å²) in [6.07, 6.45) is 1.50. The molecule has 0 fully saturated rings. The summed E-state index contributed by atoms with van der Waals surface area (Å²) in [5.41, 5.74) is 0.800. The molecule has 0 saturated carbocycles. The number of rotatable bonds is 3. The van der Waals surface area contributed by atoms with Gasteiger partial charge in [-0.2, -0.15) is 0 Å². The lowest BCUT2D eigenvalue weighted by molar-refractivity contribution is 0.313. The summed E-state index contributed by atoms with van der Waals surface area (Å²) in [4.78, 5) is 0. The van der Waals surface area contributed by atoms with E-state index in [1.165, 1.54) is 0 Å². The Labute approximate surface area is 59.9 Å². The van der Waals surface area contributed by atoms with E-state index in [1.54, 1.807) is 6.92 Å². The molecule has 0 atom stereocenters. The van der Waals surface area contributed by atoms with Crippen molar-refractivity contribution in [1.29, 1.82) is 0 Å². The fourth-order valence-electron chi connectivity index (χ4n) is 0.598. The molecule has 0 saturated heterocycles. The van der Waals surface area contributed by atoms with Gasteiger partial charge in [-0.3, -0.25) is 0 Å². The third-order valence-corrected chi connectivity index (χ3v) is 1.18. The van der Waals surface area contributed by atoms with Gasteiger partial charge in [0.2, 0.25) is 0 Å². The van der Waals surface area contributed by atoms with Crippen molar-refractivity contribution < 1.29 is 10.4 Å². The molecular weight excluding hydrogens is 132 g/mol. The van der Waals surface area contributed by atoms with Gasteiger partial charge < -0.3 is 10.4 Å². The van der Waals surface area contributed by atoms with Gasteiger partial charge in [0, 0.05) is 0 Å². The Morgan fingerprint density at radius 2 is 1.90 bits per heavy atom. The Kier molecular flexibility index (Phi) is 4.28. The van der Waals surface area contributed by atoms with Crippen LogP contribution in [-0.2, 0) is 0 Å². The summed E-state index contributed by atoms with van der Waals surface area (Å²) >= 11 is 0. The molecule has 0 bridgehead atoms. The van der Waals surface area contributed by atoms with Crippen LogP contribution in [0.2, 0.25) is 0 Å². The maximum atomic E-state index is 8.35. The maximum Gasteiger partial charge on any atom is 0.104 e. The maximum absolute atomic E-state index is 8.35. The zero-order valence-corrected chi connectivity index (χ0v) is 6.20. The number of hydrogen-bond acceptors (Lipinski definition) is 4. The lowest BCUT2D eigenvalue weighted by Crippen LogP contribution is -2.09. The molecule has 58 valence electrons. The molecule has 4 heteroatoms. The Balaban J connectivity index is 4.09. The summed E-state index contributed by atoms with van der Waals surface area (Å²) in [5, 5.41) is 22.5. The van der Waals surface area contributed by atoms with Gasteiger partial charge in [-0.05, 0) is 13.3 Å². The molecule has 0 aromatic heterocycles. The van der Waals surface area contributed by atoms with E-state index in [2.05, 4.69) is 10.3 Å². The Bertz CT molecular complexity index is 152. The quantitative estimate of drug-likeness (QED) is 0.358. The Hall–Kier alpha value is -1.06. The van der Waals surface area contributed by atoms with Crippen LogP contribution < -0.4 is 0 Å². The second-order valence-corrected chi connectivity index (χ2v) is 1.98. The van der Waals surface area contributed by atoms with Crippen LogP contribution in [0, 0.1) is 0 Å². The predicted octanol–water partition coefficient (Wildman–Crippen LogP) is 1.47. The van der Waals surface area contributed by atoms with Gasteiger partial charge in [-0.1, -0.05) is 23.7 Å². The Morgan fingerprint density at radius 1 is 1.30 bits per heavy atom. The normalized spacial score (nSPS) is 13.8. The van der Waals surface area contributed by atoms with Crippen LogP contribution in [-0.4, -0.2) is 21.8 Å². The third kappa shape index (κ3) is 2.48. The molecular formula is C6H12N2O2. The molecule has 0 aliphatic rings. The first-order valence-electron chi connectivity index (χ1n) is 3.16. The zero-order valence-electron chi connectivity index (χ0n) is 6.20. The van der Waals surface area contributed by atoms with Crippen molar-refractivity contribution in [2.45, 2.75) is 26.7 Å². The molecule has 0 aliphatic heterocycles. The molecule has 4 nitrogen and oxygen atoms in total. The summed E-state index contributed by atoms with van der Waals surface area (Å²) in [6, 6.07) is 0. The van der Waals surface area contributed by atoms with E-state index in [4.69, 9.17) is 10.4 Å². The van der Waals surface area contributed by atoms with Gasteiger partial charge in [-0.25, -0.2) is 0 Å². The van der Waals surface area contributed by atoms with Crippen molar-refractivity contribution in [3.63, 3.8) is 0 Å². The summed E-state index contributed by atoms with van der Waals surface area (Å²) < 4.78 is 0. The Morgan fingerprint density at radius 3 is 2.20 bits per heavy atom. The fourth-order valence-corrected chi connectivity index (χ4v) is 0.598. The second-order valence-electron chi connectivity index (χ2n) is 1.98. The van der Waals surface area contributed by atoms with E-state index in [0.717, 1.165) is 6.42 Å². The molecule has 2 N–H and O–H groups in total. The van der Waals surface area contributed by atoms with Crippen LogP contribution in [0.4, 0.5) is 0 Å². The van der Waals surface area contributed by atoms with Crippen molar-refractivity contribution >= 4 is 11.4 Å². The third-order valence-electron chi connectivity index (χ3n) is 1.18. The molecule has 0 aliphatic carbocycles. The average Bonchev–Trinajstić information content (AvgIpc) is 1.99. The van der Waals surface area contributed by atoms with Crippen LogP contribution in [0.1, 0.15) is 26.7 Å². The van der Waals surface area contributed by atoms with Crippen molar-refractivity contribution in [3.8, 4) is 0 Å². The van der Waals surface area contributed by atoms with Gasteiger partial charge >= 0.3 is 0 Å². The summed E-state index contributed by atoms with van der Waals surface area (Å²) in [5.74, 6) is 0. The highest BCUT2D eigenvalue weighted by molar-refractivity contribution is 6.41. The van der Waals surface area contributed by atoms with Crippen LogP contribution in [0.15, 0.2) is 10.3 Å². The predicted molar refractivity (Wildman–Crippen MR) is 39.0 cm³/mol. The van der Waals surface area contributed by atoms with E-state index < -0.39 is 0 Å². The molecule has 10 heavy (non-hydrogen) atoms. The molecule has 0 rings (SSSR count). The first-order valence-corrected chi connectivity index (χ1v) is 3.16. The molecule has 0 unspecified atom stereocenters. The van der Waals surface area contributed by atoms with Gasteiger partial charge in [0.05, 0.1) is 0 Å². The standard InChI is InChI=1S/C6H12N2O2/c1-3-4-6(8-10)5(2)7-9/h9-10H,3-4H2,1-2H3. The minimum Gasteiger partial charge on any atom is -0.411 e. The smallest absolute Gasteiger partial charge is 0.104 e. The molecule has 0 spiro atoms. The van der Waals surface area contributed by atoms with Crippen LogP contribution in [0.25, 0.3) is 0 Å². The largest absolute Gasteiger partial charge is 0.411 e. The summed E-state index contributed by atoms with van der Waals surface area (Å²) in [6.45, 7) is 3.54. The van der Waals surface area contributed by atoms with Gasteiger partial charge in [0.25, 0.3) is 0 Å². The lowest BCUT2D eigenvalue weighted by Gasteiger charge is -1.97. The minimum absolute atomic E-state index is 0.365. The van der Waals surface area contributed by atoms with E-state index in [1.807, 2.05) is 6.92 Å². The van der Waals surface area contributed by atoms with Crippen LogP contribution in [0.5, 0.6) is 0 Å². The summed E-state index contributed by atoms with van der Waals surface area (Å²) in [7, 11) is 0. The van der Waals surface area contributed by atoms with Crippen molar-refractivity contribution in [2.75, 3.05) is 0 Å². The van der Waals surface area contributed by atoms with E-state index in [0.29, 0.717) is 17.8 Å². The molecule has 0 heterocycles. The van der Waals surface area contributed by atoms with Crippen LogP contribution in [0.3, 0.4) is 0 Å². The van der Waals surface area contributed by atoms with Gasteiger partial charge in [-0.15, -0.1) is 0 Å². The van der Waals surface area contributed by atoms with Gasteiger partial charge in [0.1, 0.15) is 11.4 Å². The highest BCUT2D eigenvalue weighted by atomic mass is 16.4. The van der Waals surface area contributed by atoms with Gasteiger partial charge in [0.15, 0.2) is 0 Å². The zero-order chi connectivity index (χ0) is 7.98. The first-order chi connectivity index (χ1) is 4.76. The van der Waals surface area contributed by atoms with E-state index in [-0.39, 0.29) is 0 Å². The van der Waals surface area contributed by atoms with E-state index >= 15 is 0 Å². The number of nitrogens with zero attached hydrogens (tertiary/aromatic N) is 2. The fraction of sp³-hybridized carbons (Fsp3) is 0.667. The molecule has 0 aromatic rings. The van der Waals surface area contributed by atoms with Crippen molar-refractivity contribution in [1.82, 2.24) is 0 Å². The van der Waals surface area contributed by atoms with E-state index in [9.17, 15) is 0 Å². The highest BCUT2D eigenvalue weighted by Crippen LogP contribution is 1.94. The highest BCUT2D eigenvalue weighted by Gasteiger charge is 2.02.